The van der Waals surface area contributed by atoms with Crippen molar-refractivity contribution in [2.75, 3.05) is 0 Å². The molecule has 3 heteroatoms. The highest BCUT2D eigenvalue weighted by Gasteiger charge is 2.12. The van der Waals surface area contributed by atoms with Gasteiger partial charge in [0.05, 0.1) is 0 Å². The maximum atomic E-state index is 8.93. The zero-order chi connectivity index (χ0) is 22.5. The largest absolute Gasteiger partial charge is 0.509 e. The number of rotatable bonds is 11. The first-order valence-electron chi connectivity index (χ1n) is 10.9. The number of aliphatic hydroxyl groups excluding tert-OH is 2. The SMILES string of the molecule is C=C(O)/C=C\CC(C)C(/C=C\C(C)C)=C/C.CC.CCCCC(CC)C(O)O. The topological polar surface area (TPSA) is 60.7 Å². The van der Waals surface area contributed by atoms with Crippen LogP contribution in [0.25, 0.3) is 0 Å². The summed E-state index contributed by atoms with van der Waals surface area (Å²) in [5.74, 6) is 1.25. The molecule has 0 fully saturated rings. The Balaban J connectivity index is -0.000000447. The molecule has 28 heavy (non-hydrogen) atoms. The van der Waals surface area contributed by atoms with Crippen molar-refractivity contribution in [1.29, 1.82) is 0 Å². The number of hydrogen-bond acceptors (Lipinski definition) is 3. The van der Waals surface area contributed by atoms with Crippen LogP contribution in [0.5, 0.6) is 0 Å². The van der Waals surface area contributed by atoms with Gasteiger partial charge in [-0.2, -0.15) is 0 Å². The third-order valence-corrected chi connectivity index (χ3v) is 4.25. The van der Waals surface area contributed by atoms with Gasteiger partial charge < -0.3 is 15.3 Å². The predicted molar refractivity (Wildman–Crippen MR) is 125 cm³/mol. The van der Waals surface area contributed by atoms with Crippen LogP contribution in [-0.4, -0.2) is 21.6 Å². The minimum Gasteiger partial charge on any atom is -0.509 e. The Kier molecular flexibility index (Phi) is 24.6. The maximum absolute atomic E-state index is 8.93. The van der Waals surface area contributed by atoms with Gasteiger partial charge in [0.2, 0.25) is 0 Å². The van der Waals surface area contributed by atoms with Gasteiger partial charge in [0.1, 0.15) is 5.76 Å². The fraction of sp³-hybridized carbons (Fsp3) is 0.680. The highest BCUT2D eigenvalue weighted by atomic mass is 16.5. The van der Waals surface area contributed by atoms with Crippen molar-refractivity contribution in [1.82, 2.24) is 0 Å². The van der Waals surface area contributed by atoms with Gasteiger partial charge in [-0.1, -0.05) is 92.2 Å². The van der Waals surface area contributed by atoms with Crippen LogP contribution in [-0.2, 0) is 0 Å². The zero-order valence-electron chi connectivity index (χ0n) is 19.8. The summed E-state index contributed by atoms with van der Waals surface area (Å²) in [4.78, 5) is 0. The normalized spacial score (nSPS) is 13.9. The molecule has 0 aromatic heterocycles. The van der Waals surface area contributed by atoms with E-state index in [9.17, 15) is 0 Å². The lowest BCUT2D eigenvalue weighted by Crippen LogP contribution is -2.18. The Morgan fingerprint density at radius 2 is 1.61 bits per heavy atom. The fourth-order valence-corrected chi connectivity index (χ4v) is 2.42. The van der Waals surface area contributed by atoms with Gasteiger partial charge in [-0.3, -0.25) is 0 Å². The van der Waals surface area contributed by atoms with E-state index >= 15 is 0 Å². The summed E-state index contributed by atoms with van der Waals surface area (Å²) >= 11 is 0. The van der Waals surface area contributed by atoms with Crippen LogP contribution in [0.3, 0.4) is 0 Å². The van der Waals surface area contributed by atoms with E-state index in [1.165, 1.54) is 5.57 Å². The molecule has 0 rings (SSSR count). The van der Waals surface area contributed by atoms with E-state index in [4.69, 9.17) is 15.3 Å². The van der Waals surface area contributed by atoms with E-state index in [1.807, 2.05) is 26.8 Å². The molecule has 0 aliphatic carbocycles. The predicted octanol–water partition coefficient (Wildman–Crippen LogP) is 7.34. The van der Waals surface area contributed by atoms with Crippen molar-refractivity contribution >= 4 is 0 Å². The Bertz CT molecular complexity index is 431. The number of aliphatic hydroxyl groups is 3. The van der Waals surface area contributed by atoms with Gasteiger partial charge in [-0.05, 0) is 49.7 Å². The second kappa shape index (κ2) is 22.0. The molecule has 0 saturated carbocycles. The molecule has 166 valence electrons. The van der Waals surface area contributed by atoms with Crippen molar-refractivity contribution in [3.05, 3.63) is 48.3 Å². The van der Waals surface area contributed by atoms with Crippen LogP contribution in [0.4, 0.5) is 0 Å². The molecule has 0 aliphatic heterocycles. The summed E-state index contributed by atoms with van der Waals surface area (Å²) in [5.41, 5.74) is 1.34. The molecule has 0 saturated heterocycles. The molecule has 0 amide bonds. The molecule has 0 bridgehead atoms. The molecule has 3 N–H and O–H groups in total. The molecule has 0 heterocycles. The summed E-state index contributed by atoms with van der Waals surface area (Å²) in [5, 5.41) is 26.5. The molecule has 0 radical (unpaired) electrons. The van der Waals surface area contributed by atoms with Gasteiger partial charge >= 0.3 is 0 Å². The lowest BCUT2D eigenvalue weighted by Gasteiger charge is -2.15. The van der Waals surface area contributed by atoms with Crippen molar-refractivity contribution in [3.8, 4) is 0 Å². The molecule has 0 aromatic rings. The van der Waals surface area contributed by atoms with E-state index in [-0.39, 0.29) is 11.7 Å². The van der Waals surface area contributed by atoms with Crippen LogP contribution in [0, 0.1) is 17.8 Å². The van der Waals surface area contributed by atoms with Gasteiger partial charge in [0, 0.05) is 5.92 Å². The number of allylic oxidation sites excluding steroid dienone is 6. The van der Waals surface area contributed by atoms with Crippen molar-refractivity contribution in [2.24, 2.45) is 17.8 Å². The molecule has 3 nitrogen and oxygen atoms in total. The molecule has 2 unspecified atom stereocenters. The average molecular weight is 397 g/mol. The van der Waals surface area contributed by atoms with Crippen molar-refractivity contribution in [2.45, 2.75) is 93.8 Å². The molecular weight excluding hydrogens is 348 g/mol. The van der Waals surface area contributed by atoms with Gasteiger partial charge in [0.25, 0.3) is 0 Å². The number of unbranched alkanes of at least 4 members (excludes halogenated alkanes) is 1. The fourth-order valence-electron chi connectivity index (χ4n) is 2.42. The monoisotopic (exact) mass is 396 g/mol. The molecular formula is C25H48O3. The Morgan fingerprint density at radius 3 is 1.96 bits per heavy atom. The highest BCUT2D eigenvalue weighted by Crippen LogP contribution is 2.18. The first-order valence-corrected chi connectivity index (χ1v) is 10.9. The summed E-state index contributed by atoms with van der Waals surface area (Å²) in [6, 6.07) is 0. The third kappa shape index (κ3) is 21.0. The van der Waals surface area contributed by atoms with E-state index in [1.54, 1.807) is 6.08 Å². The molecule has 0 aliphatic rings. The molecule has 2 atom stereocenters. The molecule has 0 spiro atoms. The number of hydrogen-bond donors (Lipinski definition) is 3. The van der Waals surface area contributed by atoms with Gasteiger partial charge in [0.15, 0.2) is 6.29 Å². The van der Waals surface area contributed by atoms with E-state index in [2.05, 4.69) is 59.4 Å². The van der Waals surface area contributed by atoms with Crippen LogP contribution < -0.4 is 0 Å². The summed E-state index contributed by atoms with van der Waals surface area (Å²) in [7, 11) is 0. The van der Waals surface area contributed by atoms with E-state index in [0.29, 0.717) is 11.8 Å². The Hall–Kier alpha value is -1.32. The highest BCUT2D eigenvalue weighted by molar-refractivity contribution is 5.22. The second-order valence-electron chi connectivity index (χ2n) is 7.15. The van der Waals surface area contributed by atoms with Crippen molar-refractivity contribution in [3.63, 3.8) is 0 Å². The Morgan fingerprint density at radius 1 is 1.04 bits per heavy atom. The van der Waals surface area contributed by atoms with E-state index in [0.717, 1.165) is 32.1 Å². The summed E-state index contributed by atoms with van der Waals surface area (Å²) in [6.07, 6.45) is 14.0. The Labute approximate surface area is 175 Å². The smallest absolute Gasteiger partial charge is 0.154 e. The third-order valence-electron chi connectivity index (χ3n) is 4.25. The maximum Gasteiger partial charge on any atom is 0.154 e. The average Bonchev–Trinajstić information content (AvgIpc) is 2.64. The quantitative estimate of drug-likeness (QED) is 0.194. The molecule has 0 aromatic carbocycles. The lowest BCUT2D eigenvalue weighted by atomic mass is 9.95. The van der Waals surface area contributed by atoms with Crippen LogP contribution in [0.1, 0.15) is 87.5 Å². The van der Waals surface area contributed by atoms with Crippen LogP contribution >= 0.6 is 0 Å². The van der Waals surface area contributed by atoms with Crippen LogP contribution in [0.15, 0.2) is 48.3 Å². The minimum atomic E-state index is -1.11. The summed E-state index contributed by atoms with van der Waals surface area (Å²) < 4.78 is 0. The summed E-state index contributed by atoms with van der Waals surface area (Å²) in [6.45, 7) is 20.1. The lowest BCUT2D eigenvalue weighted by molar-refractivity contribution is -0.0871. The van der Waals surface area contributed by atoms with Crippen LogP contribution in [0.2, 0.25) is 0 Å². The minimum absolute atomic E-state index is 0.0833. The van der Waals surface area contributed by atoms with Gasteiger partial charge in [-0.25, -0.2) is 0 Å². The van der Waals surface area contributed by atoms with Crippen molar-refractivity contribution < 1.29 is 15.3 Å². The first-order chi connectivity index (χ1) is 13.2. The van der Waals surface area contributed by atoms with Gasteiger partial charge in [-0.15, -0.1) is 0 Å². The first kappa shape index (κ1) is 31.4. The standard InChI is InChI=1S/C15H24O.C8H18O2.C2H6/c1-6-15(11-10-12(2)3)13(4)8-7-9-14(5)16;1-3-5-6-7(4-2)8(9)10;1-2/h6-7,9-13,16H,5,8H2,1-4H3;7-10H,3-6H2,1-2H3;1-2H3/b9-7-,11-10-,15-6+;;. The van der Waals surface area contributed by atoms with E-state index < -0.39 is 6.29 Å². The zero-order valence-corrected chi connectivity index (χ0v) is 19.8. The second-order valence-corrected chi connectivity index (χ2v) is 7.15.